The van der Waals surface area contributed by atoms with Crippen molar-refractivity contribution in [3.63, 3.8) is 0 Å². The molecule has 0 aromatic heterocycles. The van der Waals surface area contributed by atoms with Crippen LogP contribution in [0.5, 0.6) is 0 Å². The Balaban J connectivity index is 2.04. The van der Waals surface area contributed by atoms with Gasteiger partial charge in [-0.25, -0.2) is 0 Å². The van der Waals surface area contributed by atoms with Crippen LogP contribution in [0.4, 0.5) is 0 Å². The molecule has 0 aromatic carbocycles. The Kier molecular flexibility index (Phi) is 5.81. The number of aliphatic carboxylic acids is 1. The molecule has 16 heavy (non-hydrogen) atoms. The predicted molar refractivity (Wildman–Crippen MR) is 65.4 cm³/mol. The molecule has 0 spiro atoms. The molecule has 2 N–H and O–H groups in total. The summed E-state index contributed by atoms with van der Waals surface area (Å²) >= 11 is 0. The first-order valence-corrected chi connectivity index (χ1v) is 6.53. The molecule has 3 nitrogen and oxygen atoms in total. The molecule has 3 heteroatoms. The second-order valence-electron chi connectivity index (χ2n) is 5.37. The number of carbonyl (C=O) groups is 1. The van der Waals surface area contributed by atoms with Crippen LogP contribution in [0.1, 0.15) is 46.0 Å². The molecule has 1 saturated carbocycles. The maximum Gasteiger partial charge on any atom is 0.307 e. The lowest BCUT2D eigenvalue weighted by molar-refractivity contribution is -0.140. The molecule has 0 heterocycles. The van der Waals surface area contributed by atoms with Crippen LogP contribution in [0.3, 0.4) is 0 Å². The van der Waals surface area contributed by atoms with Gasteiger partial charge < -0.3 is 10.4 Å². The van der Waals surface area contributed by atoms with Crippen LogP contribution >= 0.6 is 0 Å². The monoisotopic (exact) mass is 227 g/mol. The molecular formula is C13H25NO2. The van der Waals surface area contributed by atoms with E-state index in [4.69, 9.17) is 5.11 Å². The van der Waals surface area contributed by atoms with Crippen molar-refractivity contribution in [3.05, 3.63) is 0 Å². The van der Waals surface area contributed by atoms with E-state index in [1.165, 1.54) is 32.1 Å². The molecule has 1 aliphatic carbocycles. The second kappa shape index (κ2) is 6.89. The third kappa shape index (κ3) is 4.97. The quantitative estimate of drug-likeness (QED) is 0.685. The van der Waals surface area contributed by atoms with E-state index in [9.17, 15) is 4.79 Å². The Bertz CT molecular complexity index is 218. The number of carboxylic acid groups (broad SMARTS) is 1. The van der Waals surface area contributed by atoms with Crippen LogP contribution in [-0.4, -0.2) is 24.2 Å². The van der Waals surface area contributed by atoms with Crippen LogP contribution in [0.2, 0.25) is 0 Å². The van der Waals surface area contributed by atoms with Gasteiger partial charge in [0.05, 0.1) is 5.92 Å². The first kappa shape index (κ1) is 13.5. The second-order valence-corrected chi connectivity index (χ2v) is 5.37. The van der Waals surface area contributed by atoms with Crippen molar-refractivity contribution < 1.29 is 9.90 Å². The molecular weight excluding hydrogens is 202 g/mol. The van der Waals surface area contributed by atoms with E-state index in [1.54, 1.807) is 6.92 Å². The average molecular weight is 227 g/mol. The van der Waals surface area contributed by atoms with Crippen LogP contribution in [-0.2, 0) is 4.79 Å². The molecule has 0 amide bonds. The van der Waals surface area contributed by atoms with Crippen molar-refractivity contribution in [2.45, 2.75) is 46.0 Å². The number of hydrogen-bond donors (Lipinski definition) is 2. The average Bonchev–Trinajstić information content (AvgIpc) is 2.24. The van der Waals surface area contributed by atoms with E-state index >= 15 is 0 Å². The van der Waals surface area contributed by atoms with E-state index in [2.05, 4.69) is 12.2 Å². The zero-order valence-electron chi connectivity index (χ0n) is 10.5. The maximum atomic E-state index is 10.6. The zero-order valence-corrected chi connectivity index (χ0v) is 10.5. The summed E-state index contributed by atoms with van der Waals surface area (Å²) in [7, 11) is 0. The van der Waals surface area contributed by atoms with Gasteiger partial charge in [-0.3, -0.25) is 4.79 Å². The summed E-state index contributed by atoms with van der Waals surface area (Å²) in [4.78, 5) is 10.6. The van der Waals surface area contributed by atoms with Crippen LogP contribution in [0, 0.1) is 17.8 Å². The van der Waals surface area contributed by atoms with Crippen molar-refractivity contribution in [2.24, 2.45) is 17.8 Å². The van der Waals surface area contributed by atoms with E-state index in [-0.39, 0.29) is 5.92 Å². The number of hydrogen-bond acceptors (Lipinski definition) is 2. The minimum absolute atomic E-state index is 0.273. The Morgan fingerprint density at radius 3 is 2.88 bits per heavy atom. The first-order valence-electron chi connectivity index (χ1n) is 6.53. The lowest BCUT2D eigenvalue weighted by Crippen LogP contribution is -2.28. The molecule has 1 aliphatic rings. The van der Waals surface area contributed by atoms with Gasteiger partial charge in [0.15, 0.2) is 0 Å². The summed E-state index contributed by atoms with van der Waals surface area (Å²) in [5.41, 5.74) is 0. The van der Waals surface area contributed by atoms with Crippen LogP contribution < -0.4 is 5.32 Å². The van der Waals surface area contributed by atoms with Gasteiger partial charge in [-0.1, -0.05) is 33.1 Å². The molecule has 0 aliphatic heterocycles. The van der Waals surface area contributed by atoms with Crippen molar-refractivity contribution in [1.29, 1.82) is 0 Å². The van der Waals surface area contributed by atoms with Crippen LogP contribution in [0.25, 0.3) is 0 Å². The predicted octanol–water partition coefficient (Wildman–Crippen LogP) is 2.51. The molecule has 0 aromatic rings. The van der Waals surface area contributed by atoms with Gasteiger partial charge in [0.1, 0.15) is 0 Å². The molecule has 3 atom stereocenters. The third-order valence-corrected chi connectivity index (χ3v) is 3.65. The number of nitrogens with one attached hydrogen (secondary N) is 1. The topological polar surface area (TPSA) is 49.3 Å². The lowest BCUT2D eigenvalue weighted by atomic mass is 9.81. The van der Waals surface area contributed by atoms with E-state index < -0.39 is 5.97 Å². The summed E-state index contributed by atoms with van der Waals surface area (Å²) in [6.07, 6.45) is 6.69. The van der Waals surface area contributed by atoms with Crippen molar-refractivity contribution in [3.8, 4) is 0 Å². The first-order chi connectivity index (χ1) is 7.59. The van der Waals surface area contributed by atoms with Gasteiger partial charge in [-0.05, 0) is 31.2 Å². The van der Waals surface area contributed by atoms with Crippen molar-refractivity contribution in [2.75, 3.05) is 13.1 Å². The SMILES string of the molecule is CC1CCCC(CCNCC(C)C(=O)O)C1. The van der Waals surface area contributed by atoms with E-state index in [0.29, 0.717) is 6.54 Å². The molecule has 1 fully saturated rings. The van der Waals surface area contributed by atoms with Gasteiger partial charge in [-0.15, -0.1) is 0 Å². The Labute approximate surface area is 98.6 Å². The van der Waals surface area contributed by atoms with Gasteiger partial charge in [0.2, 0.25) is 0 Å². The molecule has 0 saturated heterocycles. The van der Waals surface area contributed by atoms with Gasteiger partial charge in [-0.2, -0.15) is 0 Å². The van der Waals surface area contributed by atoms with E-state index in [1.807, 2.05) is 0 Å². The highest BCUT2D eigenvalue weighted by molar-refractivity contribution is 5.69. The Morgan fingerprint density at radius 2 is 2.25 bits per heavy atom. The summed E-state index contributed by atoms with van der Waals surface area (Å²) in [6, 6.07) is 0. The van der Waals surface area contributed by atoms with Crippen LogP contribution in [0.15, 0.2) is 0 Å². The maximum absolute atomic E-state index is 10.6. The fourth-order valence-electron chi connectivity index (χ4n) is 2.53. The third-order valence-electron chi connectivity index (χ3n) is 3.65. The Hall–Kier alpha value is -0.570. The minimum Gasteiger partial charge on any atom is -0.481 e. The largest absolute Gasteiger partial charge is 0.481 e. The summed E-state index contributed by atoms with van der Waals surface area (Å²) < 4.78 is 0. The smallest absolute Gasteiger partial charge is 0.307 e. The Morgan fingerprint density at radius 1 is 1.50 bits per heavy atom. The summed E-state index contributed by atoms with van der Waals surface area (Å²) in [5.74, 6) is 0.761. The fourth-order valence-corrected chi connectivity index (χ4v) is 2.53. The highest BCUT2D eigenvalue weighted by Gasteiger charge is 2.18. The minimum atomic E-state index is -0.709. The normalized spacial score (nSPS) is 27.6. The van der Waals surface area contributed by atoms with E-state index in [0.717, 1.165) is 18.4 Å². The van der Waals surface area contributed by atoms with Gasteiger partial charge in [0, 0.05) is 6.54 Å². The van der Waals surface area contributed by atoms with Crippen molar-refractivity contribution >= 4 is 5.97 Å². The molecule has 94 valence electrons. The standard InChI is InChI=1S/C13H25NO2/c1-10-4-3-5-12(8-10)6-7-14-9-11(2)13(15)16/h10-12,14H,3-9H2,1-2H3,(H,15,16). The van der Waals surface area contributed by atoms with Crippen molar-refractivity contribution in [1.82, 2.24) is 5.32 Å². The molecule has 0 radical (unpaired) electrons. The lowest BCUT2D eigenvalue weighted by Gasteiger charge is -2.26. The fraction of sp³-hybridized carbons (Fsp3) is 0.923. The number of rotatable bonds is 6. The highest BCUT2D eigenvalue weighted by Crippen LogP contribution is 2.30. The summed E-state index contributed by atoms with van der Waals surface area (Å²) in [5, 5.41) is 12.0. The van der Waals surface area contributed by atoms with Gasteiger partial charge >= 0.3 is 5.97 Å². The zero-order chi connectivity index (χ0) is 12.0. The molecule has 3 unspecified atom stereocenters. The highest BCUT2D eigenvalue weighted by atomic mass is 16.4. The number of carboxylic acids is 1. The molecule has 0 bridgehead atoms. The van der Waals surface area contributed by atoms with Gasteiger partial charge in [0.25, 0.3) is 0 Å². The molecule has 1 rings (SSSR count). The summed E-state index contributed by atoms with van der Waals surface area (Å²) in [6.45, 7) is 5.65.